The molecule has 124 valence electrons. The van der Waals surface area contributed by atoms with Gasteiger partial charge in [0.2, 0.25) is 5.91 Å². The van der Waals surface area contributed by atoms with E-state index in [9.17, 15) is 14.9 Å². The zero-order valence-corrected chi connectivity index (χ0v) is 13.3. The van der Waals surface area contributed by atoms with Crippen molar-refractivity contribution < 1.29 is 14.5 Å². The second kappa shape index (κ2) is 8.47. The number of nitrogens with zero attached hydrogens (tertiary/aromatic N) is 1. The van der Waals surface area contributed by atoms with E-state index in [0.29, 0.717) is 23.6 Å². The van der Waals surface area contributed by atoms with Crippen LogP contribution in [0.3, 0.4) is 0 Å². The van der Waals surface area contributed by atoms with Crippen molar-refractivity contribution in [3.8, 4) is 5.75 Å². The normalized spacial score (nSPS) is 10.5. The number of carbonyl (C=O) groups is 1. The molecule has 0 aliphatic rings. The lowest BCUT2D eigenvalue weighted by atomic mass is 10.2. The summed E-state index contributed by atoms with van der Waals surface area (Å²) in [6.07, 6.45) is 3.76. The largest absolute Gasteiger partial charge is 0.494 e. The third-order valence-corrected chi connectivity index (χ3v) is 3.08. The number of anilines is 1. The van der Waals surface area contributed by atoms with E-state index in [2.05, 4.69) is 5.32 Å². The predicted molar refractivity (Wildman–Crippen MR) is 93.0 cm³/mol. The molecular weight excluding hydrogens is 308 g/mol. The van der Waals surface area contributed by atoms with E-state index >= 15 is 0 Å². The van der Waals surface area contributed by atoms with Gasteiger partial charge in [-0.2, -0.15) is 0 Å². The number of hydrogen-bond donors (Lipinski definition) is 1. The molecule has 0 atom stereocenters. The molecule has 6 heteroatoms. The van der Waals surface area contributed by atoms with E-state index in [1.165, 1.54) is 24.3 Å². The molecule has 0 radical (unpaired) electrons. The molecular formula is C18H18N2O4. The van der Waals surface area contributed by atoms with Gasteiger partial charge >= 0.3 is 0 Å². The molecule has 6 nitrogen and oxygen atoms in total. The van der Waals surface area contributed by atoms with Crippen LogP contribution in [0.4, 0.5) is 11.4 Å². The quantitative estimate of drug-likeness (QED) is 0.473. The number of benzene rings is 2. The first-order valence-corrected chi connectivity index (χ1v) is 7.55. The molecule has 0 aliphatic carbocycles. The number of nitro groups is 1. The maximum atomic E-state index is 12.0. The number of hydrogen-bond acceptors (Lipinski definition) is 4. The van der Waals surface area contributed by atoms with Gasteiger partial charge in [0.25, 0.3) is 5.69 Å². The van der Waals surface area contributed by atoms with E-state index in [1.807, 2.05) is 13.0 Å². The number of nitrogens with one attached hydrogen (secondary N) is 1. The van der Waals surface area contributed by atoms with E-state index in [0.717, 1.165) is 6.42 Å². The summed E-state index contributed by atoms with van der Waals surface area (Å²) in [5.41, 5.74) is 1.19. The number of carbonyl (C=O) groups excluding carboxylic acids is 1. The molecule has 0 saturated carbocycles. The summed E-state index contributed by atoms with van der Waals surface area (Å²) in [7, 11) is 0. The van der Waals surface area contributed by atoms with Crippen LogP contribution >= 0.6 is 0 Å². The minimum atomic E-state index is -0.473. The Balaban J connectivity index is 2.00. The highest BCUT2D eigenvalue weighted by Crippen LogP contribution is 2.18. The summed E-state index contributed by atoms with van der Waals surface area (Å²) >= 11 is 0. The predicted octanol–water partition coefficient (Wildman–Crippen LogP) is 4.04. The summed E-state index contributed by atoms with van der Waals surface area (Å²) in [6, 6.07) is 13.2. The van der Waals surface area contributed by atoms with Gasteiger partial charge in [-0.15, -0.1) is 0 Å². The average Bonchev–Trinajstić information content (AvgIpc) is 2.59. The second-order valence-corrected chi connectivity index (χ2v) is 5.05. The lowest BCUT2D eigenvalue weighted by Gasteiger charge is -2.07. The van der Waals surface area contributed by atoms with Crippen molar-refractivity contribution in [1.29, 1.82) is 0 Å². The Morgan fingerprint density at radius 3 is 2.79 bits per heavy atom. The van der Waals surface area contributed by atoms with Gasteiger partial charge in [0.05, 0.1) is 11.5 Å². The number of non-ortho nitro benzene ring substituents is 1. The van der Waals surface area contributed by atoms with Gasteiger partial charge in [-0.3, -0.25) is 14.9 Å². The van der Waals surface area contributed by atoms with Gasteiger partial charge in [0.1, 0.15) is 5.75 Å². The maximum absolute atomic E-state index is 12.0. The van der Waals surface area contributed by atoms with Crippen LogP contribution in [0.2, 0.25) is 0 Å². The smallest absolute Gasteiger partial charge is 0.270 e. The topological polar surface area (TPSA) is 81.5 Å². The summed E-state index contributed by atoms with van der Waals surface area (Å²) < 4.78 is 5.51. The molecule has 0 bridgehead atoms. The highest BCUT2D eigenvalue weighted by Gasteiger charge is 2.04. The van der Waals surface area contributed by atoms with Crippen LogP contribution < -0.4 is 10.1 Å². The van der Waals surface area contributed by atoms with Crippen LogP contribution in [0, 0.1) is 10.1 Å². The fourth-order valence-electron chi connectivity index (χ4n) is 1.98. The van der Waals surface area contributed by atoms with Gasteiger partial charge < -0.3 is 10.1 Å². The van der Waals surface area contributed by atoms with Crippen LogP contribution in [0.5, 0.6) is 5.75 Å². The zero-order valence-electron chi connectivity index (χ0n) is 13.3. The molecule has 0 fully saturated rings. The molecule has 1 amide bonds. The molecule has 0 unspecified atom stereocenters. The first-order chi connectivity index (χ1) is 11.6. The highest BCUT2D eigenvalue weighted by atomic mass is 16.6. The highest BCUT2D eigenvalue weighted by molar-refractivity contribution is 6.02. The Morgan fingerprint density at radius 1 is 1.25 bits per heavy atom. The SMILES string of the molecule is CCCOc1cccc(NC(=O)/C=C/c2cccc([N+](=O)[O-])c2)c1. The molecule has 0 saturated heterocycles. The van der Waals surface area contributed by atoms with Crippen LogP contribution in [-0.4, -0.2) is 17.4 Å². The Bertz CT molecular complexity index is 756. The molecule has 0 heterocycles. The Hall–Kier alpha value is -3.15. The lowest BCUT2D eigenvalue weighted by Crippen LogP contribution is -2.07. The van der Waals surface area contributed by atoms with Crippen molar-refractivity contribution in [1.82, 2.24) is 0 Å². The van der Waals surface area contributed by atoms with Crippen molar-refractivity contribution in [2.24, 2.45) is 0 Å². The maximum Gasteiger partial charge on any atom is 0.270 e. The van der Waals surface area contributed by atoms with Crippen molar-refractivity contribution in [3.63, 3.8) is 0 Å². The Kier molecular flexibility index (Phi) is 6.08. The van der Waals surface area contributed by atoms with Gasteiger partial charge in [0.15, 0.2) is 0 Å². The van der Waals surface area contributed by atoms with Crippen molar-refractivity contribution in [2.75, 3.05) is 11.9 Å². The third kappa shape index (κ3) is 5.24. The fourth-order valence-corrected chi connectivity index (χ4v) is 1.98. The zero-order chi connectivity index (χ0) is 17.4. The Labute approximate surface area is 139 Å². The molecule has 1 N–H and O–H groups in total. The fraction of sp³-hybridized carbons (Fsp3) is 0.167. The van der Waals surface area contributed by atoms with Gasteiger partial charge in [-0.1, -0.05) is 25.1 Å². The van der Waals surface area contributed by atoms with Crippen molar-refractivity contribution >= 4 is 23.4 Å². The standard InChI is InChI=1S/C18H18N2O4/c1-2-11-24-17-8-4-6-15(13-17)19-18(21)10-9-14-5-3-7-16(12-14)20(22)23/h3-10,12-13H,2,11H2,1H3,(H,19,21)/b10-9+. The molecule has 2 rings (SSSR count). The summed E-state index contributed by atoms with van der Waals surface area (Å²) in [4.78, 5) is 22.2. The first-order valence-electron chi connectivity index (χ1n) is 7.55. The van der Waals surface area contributed by atoms with Crippen LogP contribution in [0.25, 0.3) is 6.08 Å². The number of nitro benzene ring substituents is 1. The Morgan fingerprint density at radius 2 is 2.04 bits per heavy atom. The molecule has 2 aromatic rings. The number of rotatable bonds is 7. The van der Waals surface area contributed by atoms with Crippen LogP contribution in [-0.2, 0) is 4.79 Å². The van der Waals surface area contributed by atoms with E-state index in [1.54, 1.807) is 30.3 Å². The molecule has 0 spiro atoms. The summed E-state index contributed by atoms with van der Waals surface area (Å²) in [5, 5.41) is 13.5. The monoisotopic (exact) mass is 326 g/mol. The average molecular weight is 326 g/mol. The van der Waals surface area contributed by atoms with Gasteiger partial charge in [-0.05, 0) is 30.2 Å². The minimum Gasteiger partial charge on any atom is -0.494 e. The molecule has 2 aromatic carbocycles. The van der Waals surface area contributed by atoms with E-state index in [4.69, 9.17) is 4.74 Å². The number of amides is 1. The van der Waals surface area contributed by atoms with Crippen LogP contribution in [0.1, 0.15) is 18.9 Å². The molecule has 24 heavy (non-hydrogen) atoms. The molecule has 0 aliphatic heterocycles. The third-order valence-electron chi connectivity index (χ3n) is 3.08. The first kappa shape index (κ1) is 17.2. The minimum absolute atomic E-state index is 0.0154. The lowest BCUT2D eigenvalue weighted by molar-refractivity contribution is -0.384. The van der Waals surface area contributed by atoms with Crippen molar-refractivity contribution in [2.45, 2.75) is 13.3 Å². The summed E-state index contributed by atoms with van der Waals surface area (Å²) in [6.45, 7) is 2.63. The number of ether oxygens (including phenoxy) is 1. The second-order valence-electron chi connectivity index (χ2n) is 5.05. The van der Waals surface area contributed by atoms with Gasteiger partial charge in [-0.25, -0.2) is 0 Å². The van der Waals surface area contributed by atoms with E-state index < -0.39 is 4.92 Å². The molecule has 0 aromatic heterocycles. The summed E-state index contributed by atoms with van der Waals surface area (Å²) in [5.74, 6) is 0.367. The van der Waals surface area contributed by atoms with Gasteiger partial charge in [0, 0.05) is 30.0 Å². The van der Waals surface area contributed by atoms with Crippen molar-refractivity contribution in [3.05, 3.63) is 70.3 Å². The van der Waals surface area contributed by atoms with Crippen LogP contribution in [0.15, 0.2) is 54.6 Å². The van der Waals surface area contributed by atoms with E-state index in [-0.39, 0.29) is 11.6 Å².